The third kappa shape index (κ3) is 3.85. The molecule has 144 valence electrons. The molecular weight excluding hydrogens is 362 g/mol. The van der Waals surface area contributed by atoms with E-state index in [0.717, 1.165) is 5.01 Å². The number of nitrogens with one attached hydrogen (secondary N) is 1. The number of carbonyl (C=O) groups excluding carboxylic acids is 2. The first-order valence-corrected chi connectivity index (χ1v) is 8.78. The number of carbonyl (C=O) groups is 2. The molecule has 1 heterocycles. The minimum atomic E-state index is -0.573. The monoisotopic (exact) mass is 381 g/mol. The fourth-order valence-corrected chi connectivity index (χ4v) is 2.65. The third-order valence-corrected chi connectivity index (χ3v) is 4.30. The highest BCUT2D eigenvalue weighted by molar-refractivity contribution is 6.31. The first-order valence-electron chi connectivity index (χ1n) is 8.78. The molecular formula is C20H19N3O5. The van der Waals surface area contributed by atoms with Gasteiger partial charge < -0.3 is 4.74 Å². The van der Waals surface area contributed by atoms with E-state index in [1.165, 1.54) is 18.2 Å². The zero-order chi connectivity index (χ0) is 20.3. The molecule has 2 amide bonds. The molecule has 1 fully saturated rings. The van der Waals surface area contributed by atoms with Crippen molar-refractivity contribution in [2.24, 2.45) is 0 Å². The van der Waals surface area contributed by atoms with Crippen LogP contribution < -0.4 is 15.2 Å². The van der Waals surface area contributed by atoms with Gasteiger partial charge in [0.05, 0.1) is 16.7 Å². The maximum atomic E-state index is 12.6. The zero-order valence-corrected chi connectivity index (χ0v) is 15.4. The molecule has 2 aromatic carbocycles. The summed E-state index contributed by atoms with van der Waals surface area (Å²) in [6.45, 7) is 3.73. The Bertz CT molecular complexity index is 956. The van der Waals surface area contributed by atoms with Gasteiger partial charge in [0.15, 0.2) is 5.75 Å². The number of benzene rings is 2. The highest BCUT2D eigenvalue weighted by Crippen LogP contribution is 2.30. The lowest BCUT2D eigenvalue weighted by atomic mass is 10.1. The molecule has 3 rings (SSSR count). The van der Waals surface area contributed by atoms with E-state index in [4.69, 9.17) is 4.74 Å². The summed E-state index contributed by atoms with van der Waals surface area (Å²) < 4.78 is 5.58. The first kappa shape index (κ1) is 19.1. The Hall–Kier alpha value is -3.68. The van der Waals surface area contributed by atoms with Crippen LogP contribution in [0.3, 0.4) is 0 Å². The van der Waals surface area contributed by atoms with Crippen molar-refractivity contribution in [2.75, 3.05) is 5.01 Å². The molecule has 8 nitrogen and oxygen atoms in total. The summed E-state index contributed by atoms with van der Waals surface area (Å²) in [5, 5.41) is 12.5. The average Bonchev–Trinajstić information content (AvgIpc) is 2.97. The molecule has 28 heavy (non-hydrogen) atoms. The lowest BCUT2D eigenvalue weighted by Crippen LogP contribution is -2.35. The van der Waals surface area contributed by atoms with Gasteiger partial charge in [0.25, 0.3) is 11.8 Å². The Morgan fingerprint density at radius 1 is 1.21 bits per heavy atom. The Morgan fingerprint density at radius 3 is 2.57 bits per heavy atom. The molecule has 1 N–H and O–H groups in total. The lowest BCUT2D eigenvalue weighted by molar-refractivity contribution is -0.386. The van der Waals surface area contributed by atoms with Crippen molar-refractivity contribution in [2.45, 2.75) is 26.4 Å². The Labute approximate surface area is 161 Å². The van der Waals surface area contributed by atoms with Gasteiger partial charge in [-0.15, -0.1) is 0 Å². The van der Waals surface area contributed by atoms with Crippen LogP contribution >= 0.6 is 0 Å². The second-order valence-corrected chi connectivity index (χ2v) is 6.30. The number of nitro groups is 1. The highest BCUT2D eigenvalue weighted by atomic mass is 16.6. The number of amides is 2. The van der Waals surface area contributed by atoms with E-state index in [-0.39, 0.29) is 23.1 Å². The first-order chi connectivity index (χ1) is 13.4. The van der Waals surface area contributed by atoms with Crippen molar-refractivity contribution >= 4 is 29.3 Å². The van der Waals surface area contributed by atoms with Gasteiger partial charge in [-0.1, -0.05) is 31.2 Å². The van der Waals surface area contributed by atoms with Crippen molar-refractivity contribution in [3.05, 3.63) is 69.8 Å². The van der Waals surface area contributed by atoms with E-state index in [2.05, 4.69) is 5.43 Å². The van der Waals surface area contributed by atoms with Crippen molar-refractivity contribution in [1.82, 2.24) is 5.43 Å². The van der Waals surface area contributed by atoms with Crippen molar-refractivity contribution in [3.8, 4) is 5.75 Å². The minimum absolute atomic E-state index is 0.103. The molecule has 1 aliphatic heterocycles. The van der Waals surface area contributed by atoms with Gasteiger partial charge in [-0.05, 0) is 43.2 Å². The normalized spacial score (nSPS) is 16.2. The number of hydrazine groups is 1. The molecule has 2 aromatic rings. The van der Waals surface area contributed by atoms with E-state index in [9.17, 15) is 19.7 Å². The van der Waals surface area contributed by atoms with Crippen LogP contribution in [-0.4, -0.2) is 22.8 Å². The van der Waals surface area contributed by atoms with E-state index in [1.54, 1.807) is 36.4 Å². The van der Waals surface area contributed by atoms with Gasteiger partial charge in [0.1, 0.15) is 5.57 Å². The Balaban J connectivity index is 1.92. The number of ether oxygens (including phenoxy) is 1. The number of rotatable bonds is 6. The van der Waals surface area contributed by atoms with E-state index in [1.807, 2.05) is 13.8 Å². The largest absolute Gasteiger partial charge is 0.484 e. The number of nitro benzene ring substituents is 1. The highest BCUT2D eigenvalue weighted by Gasteiger charge is 2.34. The topological polar surface area (TPSA) is 102 Å². The summed E-state index contributed by atoms with van der Waals surface area (Å²) in [6.07, 6.45) is 1.86. The standard InChI is InChI=1S/C20H19N3O5/c1-3-13(2)28-18-10-9-14(12-17(18)23(26)27)11-16-19(24)21-22(20(16)25)15-7-5-4-6-8-15/h4-13H,3H2,1-2H3,(H,21,24)/b16-11-/t13-/m1/s1. The molecule has 8 heteroatoms. The third-order valence-electron chi connectivity index (χ3n) is 4.30. The lowest BCUT2D eigenvalue weighted by Gasteiger charge is -2.14. The van der Waals surface area contributed by atoms with E-state index in [0.29, 0.717) is 17.7 Å². The molecule has 1 aliphatic rings. The molecule has 0 radical (unpaired) electrons. The molecule has 0 aliphatic carbocycles. The molecule has 0 unspecified atom stereocenters. The number of hydrogen-bond donors (Lipinski definition) is 1. The van der Waals surface area contributed by atoms with Crippen LogP contribution in [0.2, 0.25) is 0 Å². The number of hydrogen-bond acceptors (Lipinski definition) is 5. The molecule has 0 bridgehead atoms. The smallest absolute Gasteiger partial charge is 0.311 e. The van der Waals surface area contributed by atoms with Crippen LogP contribution in [0.15, 0.2) is 54.1 Å². The van der Waals surface area contributed by atoms with Gasteiger partial charge in [0, 0.05) is 6.07 Å². The predicted octanol–water partition coefficient (Wildman–Crippen LogP) is 3.23. The second kappa shape index (κ2) is 7.91. The van der Waals surface area contributed by atoms with E-state index >= 15 is 0 Å². The average molecular weight is 381 g/mol. The van der Waals surface area contributed by atoms with Crippen molar-refractivity contribution in [3.63, 3.8) is 0 Å². The van der Waals surface area contributed by atoms with Gasteiger partial charge in [-0.25, -0.2) is 5.01 Å². The Morgan fingerprint density at radius 2 is 1.93 bits per heavy atom. The summed E-state index contributed by atoms with van der Waals surface area (Å²) in [7, 11) is 0. The summed E-state index contributed by atoms with van der Waals surface area (Å²) in [6, 6.07) is 13.0. The summed E-state index contributed by atoms with van der Waals surface area (Å²) in [5.41, 5.74) is 3.04. The van der Waals surface area contributed by atoms with Crippen LogP contribution in [0.1, 0.15) is 25.8 Å². The van der Waals surface area contributed by atoms with Crippen LogP contribution in [0.4, 0.5) is 11.4 Å². The Kier molecular flexibility index (Phi) is 5.39. The fraction of sp³-hybridized carbons (Fsp3) is 0.200. The molecule has 1 atom stereocenters. The predicted molar refractivity (Wildman–Crippen MR) is 104 cm³/mol. The SMILES string of the molecule is CC[C@@H](C)Oc1ccc(/C=C2/C(=O)NN(c3ccccc3)C2=O)cc1[N+](=O)[O-]. The number of nitrogens with zero attached hydrogens (tertiary/aromatic N) is 2. The summed E-state index contributed by atoms with van der Waals surface area (Å²) >= 11 is 0. The fourth-order valence-electron chi connectivity index (χ4n) is 2.65. The van der Waals surface area contributed by atoms with Crippen LogP contribution in [0, 0.1) is 10.1 Å². The quantitative estimate of drug-likeness (QED) is 0.358. The summed E-state index contributed by atoms with van der Waals surface area (Å²) in [5.74, 6) is -0.954. The number of para-hydroxylation sites is 1. The molecule has 0 saturated carbocycles. The van der Waals surface area contributed by atoms with Crippen LogP contribution in [-0.2, 0) is 9.59 Å². The number of anilines is 1. The maximum Gasteiger partial charge on any atom is 0.311 e. The zero-order valence-electron chi connectivity index (χ0n) is 15.4. The van der Waals surface area contributed by atoms with Crippen LogP contribution in [0.25, 0.3) is 6.08 Å². The van der Waals surface area contributed by atoms with Gasteiger partial charge in [-0.2, -0.15) is 0 Å². The minimum Gasteiger partial charge on any atom is -0.484 e. The summed E-state index contributed by atoms with van der Waals surface area (Å²) in [4.78, 5) is 35.7. The van der Waals surface area contributed by atoms with Crippen molar-refractivity contribution in [1.29, 1.82) is 0 Å². The maximum absolute atomic E-state index is 12.6. The van der Waals surface area contributed by atoms with Gasteiger partial charge in [-0.3, -0.25) is 25.1 Å². The second-order valence-electron chi connectivity index (χ2n) is 6.30. The van der Waals surface area contributed by atoms with Crippen LogP contribution in [0.5, 0.6) is 5.75 Å². The van der Waals surface area contributed by atoms with E-state index < -0.39 is 16.7 Å². The molecule has 0 aromatic heterocycles. The molecule has 1 saturated heterocycles. The van der Waals surface area contributed by atoms with Gasteiger partial charge in [0.2, 0.25) is 0 Å². The molecule has 0 spiro atoms. The van der Waals surface area contributed by atoms with Crippen molar-refractivity contribution < 1.29 is 19.2 Å². The van der Waals surface area contributed by atoms with Gasteiger partial charge >= 0.3 is 5.69 Å².